The van der Waals surface area contributed by atoms with Gasteiger partial charge in [0.1, 0.15) is 0 Å². The number of hydrogen-bond donors (Lipinski definition) is 1. The lowest BCUT2D eigenvalue weighted by Crippen LogP contribution is -2.13. The van der Waals surface area contributed by atoms with Gasteiger partial charge in [0.15, 0.2) is 0 Å². The van der Waals surface area contributed by atoms with E-state index >= 15 is 0 Å². The van der Waals surface area contributed by atoms with Crippen LogP contribution in [0.1, 0.15) is 35.7 Å². The Morgan fingerprint density at radius 2 is 2.00 bits per heavy atom. The third kappa shape index (κ3) is 2.55. The minimum atomic E-state index is -0.996. The van der Waals surface area contributed by atoms with Gasteiger partial charge in [-0.2, -0.15) is 0 Å². The lowest BCUT2D eigenvalue weighted by atomic mass is 9.86. The fourth-order valence-electron chi connectivity index (χ4n) is 1.64. The highest BCUT2D eigenvalue weighted by molar-refractivity contribution is 5.89. The largest absolute Gasteiger partial charge is 0.478 e. The van der Waals surface area contributed by atoms with Gasteiger partial charge in [-0.3, -0.25) is 4.39 Å². The smallest absolute Gasteiger partial charge is 0.335 e. The highest BCUT2D eigenvalue weighted by atomic mass is 19.1. The molecule has 0 fully saturated rings. The van der Waals surface area contributed by atoms with Crippen LogP contribution in [0.5, 0.6) is 0 Å². The number of halogens is 1. The Kier molecular flexibility index (Phi) is 3.83. The van der Waals surface area contributed by atoms with Crippen molar-refractivity contribution in [3.8, 4) is 0 Å². The van der Waals surface area contributed by atoms with Crippen molar-refractivity contribution in [2.24, 2.45) is 5.92 Å². The van der Waals surface area contributed by atoms with Crippen LogP contribution in [-0.2, 0) is 0 Å². The summed E-state index contributed by atoms with van der Waals surface area (Å²) in [7, 11) is 0. The fourth-order valence-corrected chi connectivity index (χ4v) is 1.64. The van der Waals surface area contributed by atoms with Gasteiger partial charge in [0, 0.05) is 5.92 Å². The van der Waals surface area contributed by atoms with E-state index in [1.54, 1.807) is 18.2 Å². The highest BCUT2D eigenvalue weighted by Crippen LogP contribution is 2.27. The molecule has 1 atom stereocenters. The Morgan fingerprint density at radius 3 is 2.47 bits per heavy atom. The summed E-state index contributed by atoms with van der Waals surface area (Å²) in [5, 5.41) is 8.97. The SMILES string of the molecule is CC(C)C(CF)c1ccccc1C(=O)O. The molecule has 2 nitrogen and oxygen atoms in total. The monoisotopic (exact) mass is 210 g/mol. The van der Waals surface area contributed by atoms with Crippen molar-refractivity contribution in [1.82, 2.24) is 0 Å². The van der Waals surface area contributed by atoms with E-state index < -0.39 is 12.6 Å². The predicted octanol–water partition coefficient (Wildman–Crippen LogP) is 3.09. The maximum Gasteiger partial charge on any atom is 0.335 e. The van der Waals surface area contributed by atoms with Crippen molar-refractivity contribution in [1.29, 1.82) is 0 Å². The molecule has 0 aliphatic rings. The van der Waals surface area contributed by atoms with Crippen molar-refractivity contribution in [2.75, 3.05) is 6.67 Å². The van der Waals surface area contributed by atoms with Crippen LogP contribution in [0.4, 0.5) is 4.39 Å². The number of aromatic carboxylic acids is 1. The molecule has 1 aromatic carbocycles. The summed E-state index contributed by atoms with van der Waals surface area (Å²) < 4.78 is 12.8. The summed E-state index contributed by atoms with van der Waals surface area (Å²) in [6, 6.07) is 6.60. The third-order valence-corrected chi connectivity index (χ3v) is 2.56. The molecule has 0 amide bonds. The number of hydrogen-bond acceptors (Lipinski definition) is 1. The molecule has 0 heterocycles. The van der Waals surface area contributed by atoms with Gasteiger partial charge in [-0.05, 0) is 17.5 Å². The van der Waals surface area contributed by atoms with E-state index in [0.717, 1.165) is 0 Å². The number of rotatable bonds is 4. The quantitative estimate of drug-likeness (QED) is 0.829. The molecule has 82 valence electrons. The molecule has 0 spiro atoms. The topological polar surface area (TPSA) is 37.3 Å². The molecular formula is C12H15FO2. The van der Waals surface area contributed by atoms with Crippen molar-refractivity contribution >= 4 is 5.97 Å². The standard InChI is InChI=1S/C12H15FO2/c1-8(2)11(7-13)9-5-3-4-6-10(9)12(14)15/h3-6,8,11H,7H2,1-2H3,(H,14,15). The van der Waals surface area contributed by atoms with Crippen molar-refractivity contribution in [3.05, 3.63) is 35.4 Å². The Balaban J connectivity index is 3.16. The molecule has 1 rings (SSSR count). The van der Waals surface area contributed by atoms with Gasteiger partial charge < -0.3 is 5.11 Å². The van der Waals surface area contributed by atoms with E-state index in [1.807, 2.05) is 13.8 Å². The molecule has 0 aromatic heterocycles. The van der Waals surface area contributed by atoms with E-state index in [0.29, 0.717) is 5.56 Å². The Bertz CT molecular complexity index is 347. The number of carbonyl (C=O) groups is 1. The van der Waals surface area contributed by atoms with Crippen LogP contribution >= 0.6 is 0 Å². The predicted molar refractivity (Wildman–Crippen MR) is 57.0 cm³/mol. The molecule has 1 aromatic rings. The molecule has 1 unspecified atom stereocenters. The van der Waals surface area contributed by atoms with Crippen LogP contribution in [0.3, 0.4) is 0 Å². The maximum absolute atomic E-state index is 12.8. The molecular weight excluding hydrogens is 195 g/mol. The van der Waals surface area contributed by atoms with Gasteiger partial charge >= 0.3 is 5.97 Å². The van der Waals surface area contributed by atoms with E-state index in [2.05, 4.69) is 0 Å². The lowest BCUT2D eigenvalue weighted by molar-refractivity contribution is 0.0694. The van der Waals surface area contributed by atoms with Crippen LogP contribution in [-0.4, -0.2) is 17.8 Å². The molecule has 1 N–H and O–H groups in total. The van der Waals surface area contributed by atoms with Crippen LogP contribution < -0.4 is 0 Å². The highest BCUT2D eigenvalue weighted by Gasteiger charge is 2.21. The molecule has 0 aliphatic carbocycles. The van der Waals surface area contributed by atoms with Gasteiger partial charge in [-0.1, -0.05) is 32.0 Å². The first-order valence-corrected chi connectivity index (χ1v) is 4.96. The zero-order chi connectivity index (χ0) is 11.4. The first kappa shape index (κ1) is 11.7. The molecule has 0 aliphatic heterocycles. The number of carboxylic acids is 1. The van der Waals surface area contributed by atoms with E-state index in [-0.39, 0.29) is 17.4 Å². The van der Waals surface area contributed by atoms with E-state index in [9.17, 15) is 9.18 Å². The first-order valence-electron chi connectivity index (χ1n) is 4.96. The minimum absolute atomic E-state index is 0.0931. The zero-order valence-corrected chi connectivity index (χ0v) is 8.90. The summed E-state index contributed by atoms with van der Waals surface area (Å²) in [4.78, 5) is 10.9. The molecule has 0 radical (unpaired) electrons. The van der Waals surface area contributed by atoms with Crippen LogP contribution in [0.2, 0.25) is 0 Å². The van der Waals surface area contributed by atoms with Crippen molar-refractivity contribution < 1.29 is 14.3 Å². The van der Waals surface area contributed by atoms with Crippen LogP contribution in [0.25, 0.3) is 0 Å². The van der Waals surface area contributed by atoms with Gasteiger partial charge in [-0.15, -0.1) is 0 Å². The average molecular weight is 210 g/mol. The third-order valence-electron chi connectivity index (χ3n) is 2.56. The normalized spacial score (nSPS) is 12.8. The first-order chi connectivity index (χ1) is 7.07. The number of alkyl halides is 1. The number of benzene rings is 1. The minimum Gasteiger partial charge on any atom is -0.478 e. The van der Waals surface area contributed by atoms with Crippen molar-refractivity contribution in [2.45, 2.75) is 19.8 Å². The van der Waals surface area contributed by atoms with Crippen LogP contribution in [0, 0.1) is 5.92 Å². The molecule has 0 bridgehead atoms. The second kappa shape index (κ2) is 4.91. The Labute approximate surface area is 88.7 Å². The fraction of sp³-hybridized carbons (Fsp3) is 0.417. The van der Waals surface area contributed by atoms with E-state index in [1.165, 1.54) is 6.07 Å². The summed E-state index contributed by atoms with van der Waals surface area (Å²) in [5.74, 6) is -1.24. The summed E-state index contributed by atoms with van der Waals surface area (Å²) >= 11 is 0. The van der Waals surface area contributed by atoms with Gasteiger partial charge in [0.25, 0.3) is 0 Å². The summed E-state index contributed by atoms with van der Waals surface area (Å²) in [5.41, 5.74) is 0.788. The van der Waals surface area contributed by atoms with Crippen LogP contribution in [0.15, 0.2) is 24.3 Å². The molecule has 0 saturated heterocycles. The Morgan fingerprint density at radius 1 is 1.40 bits per heavy atom. The molecule has 0 saturated carbocycles. The maximum atomic E-state index is 12.8. The molecule has 15 heavy (non-hydrogen) atoms. The number of carboxylic acid groups (broad SMARTS) is 1. The lowest BCUT2D eigenvalue weighted by Gasteiger charge is -2.19. The average Bonchev–Trinajstić information content (AvgIpc) is 2.18. The van der Waals surface area contributed by atoms with E-state index in [4.69, 9.17) is 5.11 Å². The summed E-state index contributed by atoms with van der Waals surface area (Å²) in [6.07, 6.45) is 0. The molecule has 3 heteroatoms. The van der Waals surface area contributed by atoms with Crippen molar-refractivity contribution in [3.63, 3.8) is 0 Å². The second-order valence-corrected chi connectivity index (χ2v) is 3.90. The zero-order valence-electron chi connectivity index (χ0n) is 8.90. The summed E-state index contributed by atoms with van der Waals surface area (Å²) in [6.45, 7) is 3.26. The van der Waals surface area contributed by atoms with Gasteiger partial charge in [0.05, 0.1) is 12.2 Å². The Hall–Kier alpha value is -1.38. The van der Waals surface area contributed by atoms with Gasteiger partial charge in [0.2, 0.25) is 0 Å². The second-order valence-electron chi connectivity index (χ2n) is 3.90. The van der Waals surface area contributed by atoms with Gasteiger partial charge in [-0.25, -0.2) is 4.79 Å².